The molecule has 1 saturated heterocycles. The average Bonchev–Trinajstić information content (AvgIpc) is 3.08. The van der Waals surface area contributed by atoms with Crippen molar-refractivity contribution >= 4 is 28.5 Å². The molecular formula is C19H18ClN3O3. The van der Waals surface area contributed by atoms with Crippen LogP contribution in [0.4, 0.5) is 0 Å². The fourth-order valence-corrected chi connectivity index (χ4v) is 3.25. The zero-order chi connectivity index (χ0) is 18.1. The molecule has 0 spiro atoms. The van der Waals surface area contributed by atoms with Crippen LogP contribution in [0.1, 0.15) is 17.0 Å². The van der Waals surface area contributed by atoms with Crippen molar-refractivity contribution in [3.63, 3.8) is 0 Å². The number of piperidine rings is 1. The van der Waals surface area contributed by atoms with Crippen LogP contribution in [0, 0.1) is 0 Å². The number of aliphatic hydroxyl groups excluding tert-OH is 1. The predicted molar refractivity (Wildman–Crippen MR) is 98.5 cm³/mol. The molecule has 0 unspecified atom stereocenters. The standard InChI is InChI=1S/C19H18ClN3O3/c20-12-5-7-13(8-6-12)26-17-9-10-23(11-16(17)24)19(25)18-21-14-3-1-2-4-15(14)22-18/h1-8,16-17,24H,9-11H2,(H,21,22)/t16-,17-/m1/s1. The quantitative estimate of drug-likeness (QED) is 0.742. The highest BCUT2D eigenvalue weighted by Crippen LogP contribution is 2.22. The van der Waals surface area contributed by atoms with Crippen molar-refractivity contribution in [2.24, 2.45) is 0 Å². The third-order valence-electron chi connectivity index (χ3n) is 4.50. The number of halogens is 1. The molecule has 1 fully saturated rings. The highest BCUT2D eigenvalue weighted by molar-refractivity contribution is 6.30. The number of hydrogen-bond acceptors (Lipinski definition) is 4. The first kappa shape index (κ1) is 16.9. The number of imidazole rings is 1. The van der Waals surface area contributed by atoms with E-state index in [0.717, 1.165) is 11.0 Å². The molecule has 4 rings (SSSR count). The van der Waals surface area contributed by atoms with E-state index in [1.807, 2.05) is 24.3 Å². The number of ether oxygens (including phenoxy) is 1. The molecule has 2 heterocycles. The van der Waals surface area contributed by atoms with Gasteiger partial charge in [0.15, 0.2) is 5.82 Å². The summed E-state index contributed by atoms with van der Waals surface area (Å²) in [5.41, 5.74) is 1.56. The van der Waals surface area contributed by atoms with Gasteiger partial charge in [0.25, 0.3) is 5.91 Å². The van der Waals surface area contributed by atoms with Gasteiger partial charge in [0.05, 0.1) is 17.6 Å². The van der Waals surface area contributed by atoms with Gasteiger partial charge in [-0.3, -0.25) is 4.79 Å². The maximum absolute atomic E-state index is 12.7. The van der Waals surface area contributed by atoms with Crippen molar-refractivity contribution < 1.29 is 14.6 Å². The molecule has 0 bridgehead atoms. The van der Waals surface area contributed by atoms with Crippen LogP contribution in [-0.2, 0) is 0 Å². The Morgan fingerprint density at radius 2 is 2.00 bits per heavy atom. The number of rotatable bonds is 3. The van der Waals surface area contributed by atoms with Crippen molar-refractivity contribution in [3.8, 4) is 5.75 Å². The molecule has 3 aromatic rings. The van der Waals surface area contributed by atoms with Crippen LogP contribution in [0.25, 0.3) is 11.0 Å². The molecule has 2 N–H and O–H groups in total. The van der Waals surface area contributed by atoms with Crippen LogP contribution >= 0.6 is 11.6 Å². The Bertz CT molecular complexity index is 892. The van der Waals surface area contributed by atoms with E-state index in [2.05, 4.69) is 9.97 Å². The van der Waals surface area contributed by atoms with Gasteiger partial charge in [-0.15, -0.1) is 0 Å². The number of amides is 1. The lowest BCUT2D eigenvalue weighted by atomic mass is 10.0. The molecule has 1 aliphatic heterocycles. The summed E-state index contributed by atoms with van der Waals surface area (Å²) in [6.07, 6.45) is -0.598. The molecule has 134 valence electrons. The zero-order valence-corrected chi connectivity index (χ0v) is 14.7. The highest BCUT2D eigenvalue weighted by atomic mass is 35.5. The summed E-state index contributed by atoms with van der Waals surface area (Å²) in [5, 5.41) is 11.0. The SMILES string of the molecule is O=C(c1nc2ccccc2[nH]1)N1CC[C@@H](Oc2ccc(Cl)cc2)[C@H](O)C1. The monoisotopic (exact) mass is 371 g/mol. The van der Waals surface area contributed by atoms with E-state index in [1.165, 1.54) is 0 Å². The Morgan fingerprint density at radius 3 is 2.73 bits per heavy atom. The van der Waals surface area contributed by atoms with Gasteiger partial charge in [-0.05, 0) is 36.4 Å². The lowest BCUT2D eigenvalue weighted by Crippen LogP contribution is -2.51. The number of β-amino-alcohol motifs (C(OH)–C–C–N with tert-alkyl or cyclic N) is 1. The molecule has 1 aromatic heterocycles. The van der Waals surface area contributed by atoms with E-state index in [1.54, 1.807) is 29.2 Å². The molecule has 1 amide bonds. The first-order chi connectivity index (χ1) is 12.6. The summed E-state index contributed by atoms with van der Waals surface area (Å²) < 4.78 is 5.83. The van der Waals surface area contributed by atoms with Crippen molar-refractivity contribution in [2.75, 3.05) is 13.1 Å². The van der Waals surface area contributed by atoms with Gasteiger partial charge in [0.1, 0.15) is 18.0 Å². The molecule has 26 heavy (non-hydrogen) atoms. The molecule has 2 aromatic carbocycles. The Morgan fingerprint density at radius 1 is 1.23 bits per heavy atom. The van der Waals surface area contributed by atoms with Gasteiger partial charge in [0.2, 0.25) is 0 Å². The topological polar surface area (TPSA) is 78.5 Å². The van der Waals surface area contributed by atoms with Gasteiger partial charge in [-0.2, -0.15) is 0 Å². The van der Waals surface area contributed by atoms with Gasteiger partial charge >= 0.3 is 0 Å². The molecule has 1 aliphatic rings. The average molecular weight is 372 g/mol. The van der Waals surface area contributed by atoms with E-state index >= 15 is 0 Å². The van der Waals surface area contributed by atoms with E-state index < -0.39 is 6.10 Å². The summed E-state index contributed by atoms with van der Waals surface area (Å²) in [7, 11) is 0. The van der Waals surface area contributed by atoms with Crippen LogP contribution in [-0.4, -0.2) is 51.2 Å². The highest BCUT2D eigenvalue weighted by Gasteiger charge is 2.33. The van der Waals surface area contributed by atoms with Crippen molar-refractivity contribution in [1.29, 1.82) is 0 Å². The van der Waals surface area contributed by atoms with Gasteiger partial charge in [-0.25, -0.2) is 4.98 Å². The number of H-pyrrole nitrogens is 1. The lowest BCUT2D eigenvalue weighted by molar-refractivity contribution is -0.0201. The van der Waals surface area contributed by atoms with Crippen LogP contribution < -0.4 is 4.74 Å². The number of aromatic nitrogens is 2. The van der Waals surface area contributed by atoms with Crippen molar-refractivity contribution in [1.82, 2.24) is 14.9 Å². The second-order valence-electron chi connectivity index (χ2n) is 6.32. The Balaban J connectivity index is 1.42. The minimum absolute atomic E-state index is 0.203. The molecule has 0 saturated carbocycles. The Hall–Kier alpha value is -2.57. The van der Waals surface area contributed by atoms with E-state index in [0.29, 0.717) is 23.7 Å². The second kappa shape index (κ2) is 6.97. The minimum Gasteiger partial charge on any atom is -0.488 e. The number of likely N-dealkylation sites (tertiary alicyclic amines) is 1. The number of hydrogen-bond donors (Lipinski definition) is 2. The Labute approximate surface area is 155 Å². The van der Waals surface area contributed by atoms with Crippen LogP contribution in [0.3, 0.4) is 0 Å². The number of fused-ring (bicyclic) bond motifs is 1. The van der Waals surface area contributed by atoms with Gasteiger partial charge < -0.3 is 19.7 Å². The first-order valence-electron chi connectivity index (χ1n) is 8.44. The van der Waals surface area contributed by atoms with E-state index in [4.69, 9.17) is 16.3 Å². The smallest absolute Gasteiger partial charge is 0.289 e. The summed E-state index contributed by atoms with van der Waals surface area (Å²) in [6, 6.07) is 14.5. The third kappa shape index (κ3) is 3.38. The second-order valence-corrected chi connectivity index (χ2v) is 6.76. The van der Waals surface area contributed by atoms with Crippen LogP contribution in [0.15, 0.2) is 48.5 Å². The number of aliphatic hydroxyl groups is 1. The van der Waals surface area contributed by atoms with E-state index in [9.17, 15) is 9.90 Å². The predicted octanol–water partition coefficient (Wildman–Crippen LogP) is 2.87. The third-order valence-corrected chi connectivity index (χ3v) is 4.75. The van der Waals surface area contributed by atoms with E-state index in [-0.39, 0.29) is 24.4 Å². The normalized spacial score (nSPS) is 20.3. The number of benzene rings is 2. The number of aromatic amines is 1. The number of nitrogens with zero attached hydrogens (tertiary/aromatic N) is 2. The maximum Gasteiger partial charge on any atom is 0.289 e. The molecular weight excluding hydrogens is 354 g/mol. The minimum atomic E-state index is -0.771. The van der Waals surface area contributed by atoms with Crippen LogP contribution in [0.2, 0.25) is 5.02 Å². The number of carbonyl (C=O) groups excluding carboxylic acids is 1. The van der Waals surface area contributed by atoms with Crippen molar-refractivity contribution in [2.45, 2.75) is 18.6 Å². The zero-order valence-electron chi connectivity index (χ0n) is 13.9. The number of para-hydroxylation sites is 2. The molecule has 0 radical (unpaired) electrons. The largest absolute Gasteiger partial charge is 0.488 e. The molecule has 7 heteroatoms. The summed E-state index contributed by atoms with van der Waals surface area (Å²) in [4.78, 5) is 21.7. The van der Waals surface area contributed by atoms with Crippen molar-refractivity contribution in [3.05, 3.63) is 59.4 Å². The van der Waals surface area contributed by atoms with Gasteiger partial charge in [0, 0.05) is 18.0 Å². The molecule has 0 aliphatic carbocycles. The van der Waals surface area contributed by atoms with Gasteiger partial charge in [-0.1, -0.05) is 23.7 Å². The van der Waals surface area contributed by atoms with Crippen LogP contribution in [0.5, 0.6) is 5.75 Å². The maximum atomic E-state index is 12.7. The fraction of sp³-hybridized carbons (Fsp3) is 0.263. The molecule has 6 nitrogen and oxygen atoms in total. The molecule has 2 atom stereocenters. The summed E-state index contributed by atoms with van der Waals surface area (Å²) >= 11 is 5.87. The number of carbonyl (C=O) groups is 1. The summed E-state index contributed by atoms with van der Waals surface area (Å²) in [5.74, 6) is 0.719. The Kier molecular flexibility index (Phi) is 4.53. The summed E-state index contributed by atoms with van der Waals surface area (Å²) in [6.45, 7) is 0.694. The lowest BCUT2D eigenvalue weighted by Gasteiger charge is -2.35. The fourth-order valence-electron chi connectivity index (χ4n) is 3.12. The number of nitrogens with one attached hydrogen (secondary N) is 1. The first-order valence-corrected chi connectivity index (χ1v) is 8.82.